The van der Waals surface area contributed by atoms with E-state index in [0.29, 0.717) is 0 Å². The van der Waals surface area contributed by atoms with Crippen LogP contribution in [-0.4, -0.2) is 48.8 Å². The van der Waals surface area contributed by atoms with E-state index in [1.807, 2.05) is 6.07 Å². The second-order valence-electron chi connectivity index (χ2n) is 7.23. The topological polar surface area (TPSA) is 148 Å². The van der Waals surface area contributed by atoms with Crippen molar-refractivity contribution in [3.8, 4) is 0 Å². The third-order valence-corrected chi connectivity index (χ3v) is 5.18. The van der Waals surface area contributed by atoms with Crippen molar-refractivity contribution in [3.05, 3.63) is 71.8 Å². The van der Waals surface area contributed by atoms with E-state index in [1.165, 1.54) is 6.92 Å². The summed E-state index contributed by atoms with van der Waals surface area (Å²) in [6.07, 6.45) is -1.35. The van der Waals surface area contributed by atoms with Crippen molar-refractivity contribution in [2.45, 2.75) is 38.6 Å². The maximum absolute atomic E-state index is 12.4. The Balaban J connectivity index is 1.86. The van der Waals surface area contributed by atoms with Gasteiger partial charge in [0.05, 0.1) is 18.2 Å². The summed E-state index contributed by atoms with van der Waals surface area (Å²) in [5.74, 6) is -2.43. The van der Waals surface area contributed by atoms with Crippen molar-refractivity contribution in [3.63, 3.8) is 0 Å². The third-order valence-electron chi connectivity index (χ3n) is 4.35. The second kappa shape index (κ2) is 12.6. The lowest BCUT2D eigenvalue weighted by molar-refractivity contribution is -0.145. The zero-order valence-corrected chi connectivity index (χ0v) is 18.8. The van der Waals surface area contributed by atoms with Gasteiger partial charge in [-0.05, 0) is 18.1 Å². The van der Waals surface area contributed by atoms with Gasteiger partial charge in [0, 0.05) is 0 Å². The van der Waals surface area contributed by atoms with E-state index in [-0.39, 0.29) is 13.2 Å². The normalized spacial score (nSPS) is 12.8. The predicted octanol–water partition coefficient (Wildman–Crippen LogP) is 1.81. The molecule has 0 aromatic heterocycles. The first-order valence-electron chi connectivity index (χ1n) is 10.0. The van der Waals surface area contributed by atoms with Crippen LogP contribution in [0, 0.1) is 0 Å². The second-order valence-corrected chi connectivity index (χ2v) is 8.73. The fraction of sp³-hybridized carbons (Fsp3) is 0.318. The largest absolute Gasteiger partial charge is 0.461 e. The summed E-state index contributed by atoms with van der Waals surface area (Å²) in [6, 6.07) is 15.4. The van der Waals surface area contributed by atoms with Crippen LogP contribution in [0.15, 0.2) is 60.7 Å². The van der Waals surface area contributed by atoms with Crippen molar-refractivity contribution in [1.82, 2.24) is 10.6 Å². The van der Waals surface area contributed by atoms with Crippen LogP contribution in [0.25, 0.3) is 0 Å². The Morgan fingerprint density at radius 1 is 0.879 bits per heavy atom. The van der Waals surface area contributed by atoms with Crippen LogP contribution in [0.5, 0.6) is 0 Å². The number of ether oxygens (including phenoxy) is 2. The van der Waals surface area contributed by atoms with Gasteiger partial charge in [-0.25, -0.2) is 4.79 Å². The molecule has 178 valence electrons. The fourth-order valence-electron chi connectivity index (χ4n) is 2.74. The van der Waals surface area contributed by atoms with E-state index < -0.39 is 52.3 Å². The average Bonchev–Trinajstić information content (AvgIpc) is 2.76. The Bertz CT molecular complexity index is 1030. The number of hydrogen-bond donors (Lipinski definition) is 3. The Hall–Kier alpha value is -3.44. The van der Waals surface area contributed by atoms with Crippen LogP contribution >= 0.6 is 0 Å². The number of benzene rings is 2. The number of carbonyl (C=O) groups is 3. The monoisotopic (exact) mass is 478 g/mol. The molecule has 11 heteroatoms. The van der Waals surface area contributed by atoms with Gasteiger partial charge in [0.1, 0.15) is 19.3 Å². The number of alkyl carbamates (subject to hydrolysis) is 1. The van der Waals surface area contributed by atoms with E-state index in [4.69, 9.17) is 14.0 Å². The highest BCUT2D eigenvalue weighted by Gasteiger charge is 2.26. The SMILES string of the molecule is CC(NC(=O)OCc1ccccc1)C(=O)NC(CC(=O)OCc1ccccc1)CS(=O)(=O)O. The lowest BCUT2D eigenvalue weighted by Crippen LogP contribution is -2.50. The summed E-state index contributed by atoms with van der Waals surface area (Å²) in [4.78, 5) is 36.4. The molecule has 3 N–H and O–H groups in total. The quantitative estimate of drug-likeness (QED) is 0.327. The van der Waals surface area contributed by atoms with E-state index in [2.05, 4.69) is 10.6 Å². The summed E-state index contributed by atoms with van der Waals surface area (Å²) in [5.41, 5.74) is 1.49. The number of hydrogen-bond acceptors (Lipinski definition) is 7. The van der Waals surface area contributed by atoms with Gasteiger partial charge >= 0.3 is 12.1 Å². The molecule has 0 aliphatic carbocycles. The molecule has 2 amide bonds. The van der Waals surface area contributed by atoms with Crippen LogP contribution in [0.1, 0.15) is 24.5 Å². The summed E-state index contributed by atoms with van der Waals surface area (Å²) in [6.45, 7) is 1.33. The molecule has 0 aliphatic heterocycles. The van der Waals surface area contributed by atoms with Crippen LogP contribution < -0.4 is 10.6 Å². The van der Waals surface area contributed by atoms with Crippen LogP contribution in [0.4, 0.5) is 4.79 Å². The fourth-order valence-corrected chi connectivity index (χ4v) is 3.45. The molecule has 2 aromatic carbocycles. The van der Waals surface area contributed by atoms with Crippen molar-refractivity contribution < 1.29 is 36.8 Å². The molecular weight excluding hydrogens is 452 g/mol. The first kappa shape index (κ1) is 25.8. The molecule has 0 spiro atoms. The Morgan fingerprint density at radius 2 is 1.39 bits per heavy atom. The van der Waals surface area contributed by atoms with Gasteiger partial charge in [0.2, 0.25) is 5.91 Å². The van der Waals surface area contributed by atoms with E-state index >= 15 is 0 Å². The van der Waals surface area contributed by atoms with Crippen molar-refractivity contribution in [2.75, 3.05) is 5.75 Å². The standard InChI is InChI=1S/C22H26N2O8S/c1-16(23-22(27)32-14-18-10-6-3-7-11-18)21(26)24-19(15-33(28,29)30)12-20(25)31-13-17-8-4-2-5-9-17/h2-11,16,19H,12-15H2,1H3,(H,23,27)(H,24,26)(H,28,29,30). The highest BCUT2D eigenvalue weighted by atomic mass is 32.2. The van der Waals surface area contributed by atoms with Gasteiger partial charge in [-0.3, -0.25) is 14.1 Å². The number of esters is 1. The van der Waals surface area contributed by atoms with Gasteiger partial charge in [0.15, 0.2) is 0 Å². The zero-order valence-electron chi connectivity index (χ0n) is 18.0. The van der Waals surface area contributed by atoms with E-state index in [0.717, 1.165) is 11.1 Å². The van der Waals surface area contributed by atoms with Gasteiger partial charge in [-0.2, -0.15) is 8.42 Å². The van der Waals surface area contributed by atoms with E-state index in [1.54, 1.807) is 54.6 Å². The van der Waals surface area contributed by atoms with Gasteiger partial charge in [0.25, 0.3) is 10.1 Å². The smallest absolute Gasteiger partial charge is 0.408 e. The molecule has 0 fully saturated rings. The Kier molecular flexibility index (Phi) is 9.83. The molecule has 33 heavy (non-hydrogen) atoms. The zero-order chi connectivity index (χ0) is 24.3. The van der Waals surface area contributed by atoms with Crippen LogP contribution in [0.3, 0.4) is 0 Å². The molecule has 0 heterocycles. The highest BCUT2D eigenvalue weighted by molar-refractivity contribution is 7.85. The van der Waals surface area contributed by atoms with Crippen LogP contribution in [0.2, 0.25) is 0 Å². The minimum absolute atomic E-state index is 0.000349. The molecule has 2 atom stereocenters. The molecule has 2 unspecified atom stereocenters. The lowest BCUT2D eigenvalue weighted by Gasteiger charge is -2.20. The molecule has 0 saturated heterocycles. The maximum Gasteiger partial charge on any atom is 0.408 e. The number of nitrogens with one attached hydrogen (secondary N) is 2. The molecule has 2 aromatic rings. The summed E-state index contributed by atoms with van der Waals surface area (Å²) >= 11 is 0. The summed E-state index contributed by atoms with van der Waals surface area (Å²) in [7, 11) is -4.50. The third kappa shape index (κ3) is 10.6. The molecule has 0 saturated carbocycles. The molecule has 0 bridgehead atoms. The predicted molar refractivity (Wildman–Crippen MR) is 118 cm³/mol. The van der Waals surface area contributed by atoms with Gasteiger partial charge in [-0.15, -0.1) is 0 Å². The van der Waals surface area contributed by atoms with Gasteiger partial charge in [-0.1, -0.05) is 60.7 Å². The summed E-state index contributed by atoms with van der Waals surface area (Å²) < 4.78 is 41.9. The first-order valence-corrected chi connectivity index (χ1v) is 11.7. The van der Waals surface area contributed by atoms with Gasteiger partial charge < -0.3 is 20.1 Å². The Labute approximate surface area is 192 Å². The molecule has 2 rings (SSSR count). The minimum atomic E-state index is -4.50. The van der Waals surface area contributed by atoms with Crippen molar-refractivity contribution in [1.29, 1.82) is 0 Å². The number of carbonyl (C=O) groups excluding carboxylic acids is 3. The average molecular weight is 479 g/mol. The first-order chi connectivity index (χ1) is 15.6. The van der Waals surface area contributed by atoms with Crippen molar-refractivity contribution >= 4 is 28.1 Å². The maximum atomic E-state index is 12.4. The molecule has 0 aliphatic rings. The lowest BCUT2D eigenvalue weighted by atomic mass is 10.2. The van der Waals surface area contributed by atoms with Crippen molar-refractivity contribution in [2.24, 2.45) is 0 Å². The molecule has 10 nitrogen and oxygen atoms in total. The van der Waals surface area contributed by atoms with E-state index in [9.17, 15) is 22.8 Å². The minimum Gasteiger partial charge on any atom is -0.461 e. The number of rotatable bonds is 11. The molecule has 0 radical (unpaired) electrons. The van der Waals surface area contributed by atoms with Crippen LogP contribution in [-0.2, 0) is 42.4 Å². The summed E-state index contributed by atoms with van der Waals surface area (Å²) in [5, 5.41) is 4.65. The Morgan fingerprint density at radius 3 is 1.91 bits per heavy atom. The highest BCUT2D eigenvalue weighted by Crippen LogP contribution is 2.05. The molecular formula is C22H26N2O8S. The number of amides is 2.